The van der Waals surface area contributed by atoms with Crippen LogP contribution < -0.4 is 5.73 Å². The topological polar surface area (TPSA) is 43.1 Å². The monoisotopic (exact) mass is 297 g/mol. The van der Waals surface area contributed by atoms with Crippen LogP contribution in [0.5, 0.6) is 0 Å². The molecule has 0 amide bonds. The van der Waals surface area contributed by atoms with E-state index in [1.54, 1.807) is 18.2 Å². The van der Waals surface area contributed by atoms with Crippen molar-refractivity contribution in [2.45, 2.75) is 6.42 Å². The van der Waals surface area contributed by atoms with E-state index in [-0.39, 0.29) is 23.5 Å². The predicted molar refractivity (Wildman–Crippen MR) is 75.3 cm³/mol. The lowest BCUT2D eigenvalue weighted by atomic mass is 10.0. The Morgan fingerprint density at radius 3 is 2.58 bits per heavy atom. The van der Waals surface area contributed by atoms with E-state index in [2.05, 4.69) is 0 Å². The summed E-state index contributed by atoms with van der Waals surface area (Å²) in [5.41, 5.74) is 6.69. The molecule has 0 unspecified atom stereocenters. The normalized spacial score (nSPS) is 10.5. The van der Waals surface area contributed by atoms with Gasteiger partial charge in [0.2, 0.25) is 0 Å². The lowest BCUT2D eigenvalue weighted by Crippen LogP contribution is -2.08. The maximum atomic E-state index is 13.1. The van der Waals surface area contributed by atoms with Gasteiger partial charge in [0.25, 0.3) is 0 Å². The van der Waals surface area contributed by atoms with Crippen molar-refractivity contribution in [1.82, 2.24) is 0 Å². The molecule has 0 aliphatic heterocycles. The van der Waals surface area contributed by atoms with Crippen LogP contribution in [-0.4, -0.2) is 5.78 Å². The average Bonchev–Trinajstić information content (AvgIpc) is 2.35. The van der Waals surface area contributed by atoms with Crippen molar-refractivity contribution >= 4 is 34.7 Å². The van der Waals surface area contributed by atoms with Gasteiger partial charge in [-0.25, -0.2) is 4.39 Å². The van der Waals surface area contributed by atoms with Crippen LogP contribution >= 0.6 is 23.2 Å². The molecule has 2 aromatic carbocycles. The molecule has 98 valence electrons. The van der Waals surface area contributed by atoms with Crippen molar-refractivity contribution in [1.29, 1.82) is 0 Å². The number of anilines is 1. The molecular formula is C14H10Cl2FNO. The fourth-order valence-electron chi connectivity index (χ4n) is 1.70. The highest BCUT2D eigenvalue weighted by Crippen LogP contribution is 2.23. The van der Waals surface area contributed by atoms with Crippen LogP contribution in [-0.2, 0) is 6.42 Å². The third-order valence-electron chi connectivity index (χ3n) is 2.68. The van der Waals surface area contributed by atoms with E-state index < -0.39 is 5.82 Å². The molecule has 2 nitrogen and oxygen atoms in total. The summed E-state index contributed by atoms with van der Waals surface area (Å²) >= 11 is 11.8. The molecule has 0 bridgehead atoms. The van der Waals surface area contributed by atoms with E-state index >= 15 is 0 Å². The minimum absolute atomic E-state index is 0.0453. The van der Waals surface area contributed by atoms with Crippen molar-refractivity contribution in [2.24, 2.45) is 0 Å². The van der Waals surface area contributed by atoms with Crippen LogP contribution in [0.1, 0.15) is 15.9 Å². The Morgan fingerprint density at radius 2 is 1.89 bits per heavy atom. The second kappa shape index (κ2) is 5.59. The molecule has 5 heteroatoms. The maximum absolute atomic E-state index is 13.1. The van der Waals surface area contributed by atoms with Crippen molar-refractivity contribution in [3.05, 3.63) is 63.4 Å². The van der Waals surface area contributed by atoms with Gasteiger partial charge in [0.05, 0.1) is 0 Å². The van der Waals surface area contributed by atoms with E-state index in [0.29, 0.717) is 15.6 Å². The second-order valence-electron chi connectivity index (χ2n) is 4.07. The standard InChI is InChI=1S/C14H10Cl2FNO/c15-9-2-1-8(12(16)6-9)5-14(19)11-7-10(17)3-4-13(11)18/h1-4,6-7H,5,18H2. The lowest BCUT2D eigenvalue weighted by Gasteiger charge is -2.07. The summed E-state index contributed by atoms with van der Waals surface area (Å²) in [4.78, 5) is 12.1. The third kappa shape index (κ3) is 3.25. The summed E-state index contributed by atoms with van der Waals surface area (Å²) < 4.78 is 13.1. The van der Waals surface area contributed by atoms with E-state index in [0.717, 1.165) is 6.07 Å². The van der Waals surface area contributed by atoms with Crippen LogP contribution in [0, 0.1) is 5.82 Å². The van der Waals surface area contributed by atoms with Crippen LogP contribution in [0.3, 0.4) is 0 Å². The molecule has 0 radical (unpaired) electrons. The highest BCUT2D eigenvalue weighted by Gasteiger charge is 2.13. The Bertz CT molecular complexity index is 643. The van der Waals surface area contributed by atoms with Crippen molar-refractivity contribution in [2.75, 3.05) is 5.73 Å². The first kappa shape index (κ1) is 13.8. The molecule has 0 spiro atoms. The summed E-state index contributed by atoms with van der Waals surface area (Å²) in [6.45, 7) is 0. The average molecular weight is 298 g/mol. The van der Waals surface area contributed by atoms with Gasteiger partial charge in [-0.2, -0.15) is 0 Å². The van der Waals surface area contributed by atoms with Gasteiger partial charge in [0.1, 0.15) is 5.82 Å². The Morgan fingerprint density at radius 1 is 1.16 bits per heavy atom. The zero-order valence-electron chi connectivity index (χ0n) is 9.79. The summed E-state index contributed by atoms with van der Waals surface area (Å²) in [5, 5.41) is 0.891. The summed E-state index contributed by atoms with van der Waals surface area (Å²) in [6, 6.07) is 8.57. The number of rotatable bonds is 3. The number of hydrogen-bond acceptors (Lipinski definition) is 2. The molecule has 2 aromatic rings. The molecule has 0 aliphatic rings. The molecule has 0 saturated carbocycles. The first-order chi connectivity index (χ1) is 8.97. The van der Waals surface area contributed by atoms with Gasteiger partial charge in [-0.1, -0.05) is 29.3 Å². The smallest absolute Gasteiger partial charge is 0.169 e. The molecule has 0 fully saturated rings. The summed E-state index contributed by atoms with van der Waals surface area (Å²) in [6.07, 6.45) is 0.0453. The van der Waals surface area contributed by atoms with Crippen LogP contribution in [0.2, 0.25) is 10.0 Å². The SMILES string of the molecule is Nc1ccc(F)cc1C(=O)Cc1ccc(Cl)cc1Cl. The second-order valence-corrected chi connectivity index (χ2v) is 4.91. The number of ketones is 1. The third-order valence-corrected chi connectivity index (χ3v) is 3.27. The van der Waals surface area contributed by atoms with Crippen molar-refractivity contribution < 1.29 is 9.18 Å². The Labute approximate surface area is 119 Å². The van der Waals surface area contributed by atoms with Crippen molar-refractivity contribution in [3.8, 4) is 0 Å². The minimum atomic E-state index is -0.500. The largest absolute Gasteiger partial charge is 0.398 e. The number of nitrogens with two attached hydrogens (primary N) is 1. The zero-order chi connectivity index (χ0) is 14.0. The Balaban J connectivity index is 2.28. The summed E-state index contributed by atoms with van der Waals surface area (Å²) in [5.74, 6) is -0.791. The van der Waals surface area contributed by atoms with E-state index in [1.807, 2.05) is 0 Å². The van der Waals surface area contributed by atoms with Crippen LogP contribution in [0.25, 0.3) is 0 Å². The molecule has 0 aliphatic carbocycles. The molecule has 19 heavy (non-hydrogen) atoms. The van der Waals surface area contributed by atoms with Crippen LogP contribution in [0.15, 0.2) is 36.4 Å². The van der Waals surface area contributed by atoms with Gasteiger partial charge >= 0.3 is 0 Å². The number of carbonyl (C=O) groups is 1. The number of nitrogen functional groups attached to an aromatic ring is 1. The fourth-order valence-corrected chi connectivity index (χ4v) is 2.18. The minimum Gasteiger partial charge on any atom is -0.398 e. The van der Waals surface area contributed by atoms with Gasteiger partial charge in [-0.15, -0.1) is 0 Å². The lowest BCUT2D eigenvalue weighted by molar-refractivity contribution is 0.0993. The molecule has 0 saturated heterocycles. The van der Waals surface area contributed by atoms with Gasteiger partial charge in [0, 0.05) is 27.7 Å². The zero-order valence-corrected chi connectivity index (χ0v) is 11.3. The molecule has 0 atom stereocenters. The first-order valence-corrected chi connectivity index (χ1v) is 6.25. The number of Topliss-reactive ketones (excluding diaryl/α,β-unsaturated/α-hetero) is 1. The molecular weight excluding hydrogens is 288 g/mol. The van der Waals surface area contributed by atoms with E-state index in [9.17, 15) is 9.18 Å². The summed E-state index contributed by atoms with van der Waals surface area (Å²) in [7, 11) is 0. The molecule has 2 rings (SSSR count). The quantitative estimate of drug-likeness (QED) is 0.683. The van der Waals surface area contributed by atoms with Gasteiger partial charge < -0.3 is 5.73 Å². The Kier molecular flexibility index (Phi) is 4.08. The van der Waals surface area contributed by atoms with Gasteiger partial charge in [0.15, 0.2) is 5.78 Å². The van der Waals surface area contributed by atoms with Crippen LogP contribution in [0.4, 0.5) is 10.1 Å². The predicted octanol–water partition coefficient (Wildman–Crippen LogP) is 4.14. The highest BCUT2D eigenvalue weighted by molar-refractivity contribution is 6.35. The highest BCUT2D eigenvalue weighted by atomic mass is 35.5. The number of benzene rings is 2. The molecule has 0 heterocycles. The molecule has 2 N–H and O–H groups in total. The van der Waals surface area contributed by atoms with Gasteiger partial charge in [-0.05, 0) is 35.9 Å². The van der Waals surface area contributed by atoms with E-state index in [4.69, 9.17) is 28.9 Å². The first-order valence-electron chi connectivity index (χ1n) is 5.49. The van der Waals surface area contributed by atoms with Crippen molar-refractivity contribution in [3.63, 3.8) is 0 Å². The molecule has 0 aromatic heterocycles. The van der Waals surface area contributed by atoms with E-state index in [1.165, 1.54) is 12.1 Å². The number of hydrogen-bond donors (Lipinski definition) is 1. The fraction of sp³-hybridized carbons (Fsp3) is 0.0714. The number of carbonyl (C=O) groups excluding carboxylic acids is 1. The van der Waals surface area contributed by atoms with Gasteiger partial charge in [-0.3, -0.25) is 4.79 Å². The Hall–Kier alpha value is -1.58. The maximum Gasteiger partial charge on any atom is 0.169 e. The number of halogens is 3.